The second kappa shape index (κ2) is 10.4. The maximum atomic E-state index is 5.89. The van der Waals surface area contributed by atoms with Gasteiger partial charge < -0.3 is 11.1 Å². The first kappa shape index (κ1) is 14.9. The Kier molecular flexibility index (Phi) is 10.3. The van der Waals surface area contributed by atoms with Crippen LogP contribution in [0.5, 0.6) is 0 Å². The molecular weight excluding hydrogens is 186 g/mol. The van der Waals surface area contributed by atoms with Crippen molar-refractivity contribution in [3.63, 3.8) is 0 Å². The van der Waals surface area contributed by atoms with Crippen LogP contribution < -0.4 is 11.1 Å². The summed E-state index contributed by atoms with van der Waals surface area (Å²) in [6.07, 6.45) is 5.44. The number of piperidine rings is 1. The van der Waals surface area contributed by atoms with Crippen molar-refractivity contribution >= 4 is 0 Å². The molecule has 0 aromatic heterocycles. The molecule has 1 unspecified atom stereocenters. The Balaban J connectivity index is 0.000000336. The Morgan fingerprint density at radius 1 is 1.20 bits per heavy atom. The lowest BCUT2D eigenvalue weighted by Gasteiger charge is -2.32. The van der Waals surface area contributed by atoms with Gasteiger partial charge in [-0.25, -0.2) is 0 Å². The Hall–Kier alpha value is -0.120. The number of hydrogen-bond donors (Lipinski definition) is 2. The number of nitrogens with one attached hydrogen (secondary N) is 1. The molecule has 1 atom stereocenters. The number of nitrogens with two attached hydrogens (primary N) is 1. The van der Waals surface area contributed by atoms with Gasteiger partial charge in [-0.15, -0.1) is 0 Å². The van der Waals surface area contributed by atoms with Crippen LogP contribution in [-0.2, 0) is 0 Å². The van der Waals surface area contributed by atoms with Gasteiger partial charge in [0.2, 0.25) is 0 Å². The lowest BCUT2D eigenvalue weighted by molar-refractivity contribution is 0.152. The molecule has 1 rings (SSSR count). The predicted octanol–water partition coefficient (Wildman–Crippen LogP) is 1.78. The van der Waals surface area contributed by atoms with Gasteiger partial charge in [0.1, 0.15) is 0 Å². The van der Waals surface area contributed by atoms with E-state index >= 15 is 0 Å². The zero-order chi connectivity index (χ0) is 11.5. The van der Waals surface area contributed by atoms with Crippen molar-refractivity contribution in [1.29, 1.82) is 0 Å². The zero-order valence-electron chi connectivity index (χ0n) is 10.8. The molecule has 1 fully saturated rings. The molecule has 1 heterocycles. The van der Waals surface area contributed by atoms with Crippen LogP contribution in [0.1, 0.15) is 46.5 Å². The fraction of sp³-hybridized carbons (Fsp3) is 1.00. The van der Waals surface area contributed by atoms with Crippen LogP contribution in [0.15, 0.2) is 0 Å². The number of likely N-dealkylation sites (tertiary alicyclic amines) is 1. The number of rotatable bonds is 4. The standard InChI is InChI=1S/C8H18N2.C4H11N/c1-2-6-10-7-4-3-5-8(10)9;1-3-5-4-2/h8H,2-7,9H2,1H3;5H,3-4H2,1-2H3. The molecule has 0 aromatic carbocycles. The first-order chi connectivity index (χ1) is 7.26. The highest BCUT2D eigenvalue weighted by molar-refractivity contribution is 4.70. The van der Waals surface area contributed by atoms with Crippen LogP contribution in [-0.4, -0.2) is 37.2 Å². The van der Waals surface area contributed by atoms with E-state index in [9.17, 15) is 0 Å². The predicted molar refractivity (Wildman–Crippen MR) is 67.9 cm³/mol. The third-order valence-electron chi connectivity index (χ3n) is 2.68. The lowest BCUT2D eigenvalue weighted by Crippen LogP contribution is -2.45. The smallest absolute Gasteiger partial charge is 0.0571 e. The van der Waals surface area contributed by atoms with Crippen LogP contribution in [0.2, 0.25) is 0 Å². The molecule has 0 saturated carbocycles. The summed E-state index contributed by atoms with van der Waals surface area (Å²) in [6.45, 7) is 11.0. The molecule has 15 heavy (non-hydrogen) atoms. The average Bonchev–Trinajstić information content (AvgIpc) is 2.24. The maximum Gasteiger partial charge on any atom is 0.0571 e. The van der Waals surface area contributed by atoms with Gasteiger partial charge in [0.25, 0.3) is 0 Å². The summed E-state index contributed by atoms with van der Waals surface area (Å²) in [7, 11) is 0. The minimum Gasteiger partial charge on any atom is -0.317 e. The van der Waals surface area contributed by atoms with Crippen molar-refractivity contribution in [2.45, 2.75) is 52.6 Å². The van der Waals surface area contributed by atoms with Gasteiger partial charge in [-0.3, -0.25) is 4.90 Å². The van der Waals surface area contributed by atoms with Crippen molar-refractivity contribution in [2.75, 3.05) is 26.2 Å². The molecule has 0 amide bonds. The molecule has 3 heteroatoms. The van der Waals surface area contributed by atoms with Gasteiger partial charge >= 0.3 is 0 Å². The summed E-state index contributed by atoms with van der Waals surface area (Å²) in [6, 6.07) is 0. The monoisotopic (exact) mass is 215 g/mol. The van der Waals surface area contributed by atoms with Gasteiger partial charge in [-0.2, -0.15) is 0 Å². The fourth-order valence-electron chi connectivity index (χ4n) is 1.83. The van der Waals surface area contributed by atoms with Gasteiger partial charge in [-0.05, 0) is 51.9 Å². The molecule has 0 radical (unpaired) electrons. The van der Waals surface area contributed by atoms with Crippen LogP contribution in [0.25, 0.3) is 0 Å². The SMILES string of the molecule is CCCN1CCCCC1N.CCNCC. The van der Waals surface area contributed by atoms with E-state index in [1.807, 2.05) is 0 Å². The van der Waals surface area contributed by atoms with E-state index in [2.05, 4.69) is 31.0 Å². The van der Waals surface area contributed by atoms with Crippen LogP contribution in [0, 0.1) is 0 Å². The minimum atomic E-state index is 0.355. The van der Waals surface area contributed by atoms with E-state index in [4.69, 9.17) is 5.73 Å². The van der Waals surface area contributed by atoms with Crippen molar-refractivity contribution in [3.05, 3.63) is 0 Å². The average molecular weight is 215 g/mol. The normalized spacial score (nSPS) is 22.0. The third kappa shape index (κ3) is 7.77. The van der Waals surface area contributed by atoms with E-state index in [1.165, 1.54) is 38.8 Å². The first-order valence-corrected chi connectivity index (χ1v) is 6.46. The molecule has 1 aliphatic heterocycles. The van der Waals surface area contributed by atoms with E-state index in [1.54, 1.807) is 0 Å². The van der Waals surface area contributed by atoms with Crippen LogP contribution in [0.3, 0.4) is 0 Å². The molecule has 0 aliphatic carbocycles. The highest BCUT2D eigenvalue weighted by Gasteiger charge is 2.16. The second-order valence-corrected chi connectivity index (χ2v) is 4.06. The number of hydrogen-bond acceptors (Lipinski definition) is 3. The van der Waals surface area contributed by atoms with Crippen molar-refractivity contribution in [1.82, 2.24) is 10.2 Å². The first-order valence-electron chi connectivity index (χ1n) is 6.46. The molecule has 0 aromatic rings. The Bertz CT molecular complexity index is 124. The fourth-order valence-corrected chi connectivity index (χ4v) is 1.83. The molecular formula is C12H29N3. The Morgan fingerprint density at radius 2 is 1.87 bits per heavy atom. The molecule has 3 nitrogen and oxygen atoms in total. The van der Waals surface area contributed by atoms with Gasteiger partial charge in [0.05, 0.1) is 6.17 Å². The van der Waals surface area contributed by atoms with Crippen molar-refractivity contribution in [3.8, 4) is 0 Å². The molecule has 0 spiro atoms. The molecule has 1 saturated heterocycles. The van der Waals surface area contributed by atoms with E-state index in [0.717, 1.165) is 13.1 Å². The van der Waals surface area contributed by atoms with Crippen LogP contribution >= 0.6 is 0 Å². The Labute approximate surface area is 95.4 Å². The van der Waals surface area contributed by atoms with Gasteiger partial charge in [-0.1, -0.05) is 20.8 Å². The van der Waals surface area contributed by atoms with Gasteiger partial charge in [0, 0.05) is 0 Å². The lowest BCUT2D eigenvalue weighted by atomic mass is 10.1. The van der Waals surface area contributed by atoms with E-state index in [0.29, 0.717) is 6.17 Å². The van der Waals surface area contributed by atoms with Crippen molar-refractivity contribution in [2.24, 2.45) is 5.73 Å². The molecule has 92 valence electrons. The summed E-state index contributed by atoms with van der Waals surface area (Å²) in [5.41, 5.74) is 5.89. The zero-order valence-corrected chi connectivity index (χ0v) is 10.8. The molecule has 1 aliphatic rings. The summed E-state index contributed by atoms with van der Waals surface area (Å²) in [4.78, 5) is 2.39. The Morgan fingerprint density at radius 3 is 2.27 bits per heavy atom. The summed E-state index contributed by atoms with van der Waals surface area (Å²) in [5, 5.41) is 3.11. The molecule has 0 bridgehead atoms. The largest absolute Gasteiger partial charge is 0.317 e. The van der Waals surface area contributed by atoms with E-state index < -0.39 is 0 Å². The summed E-state index contributed by atoms with van der Waals surface area (Å²) in [5.74, 6) is 0. The van der Waals surface area contributed by atoms with Gasteiger partial charge in [0.15, 0.2) is 0 Å². The third-order valence-corrected chi connectivity index (χ3v) is 2.68. The van der Waals surface area contributed by atoms with E-state index in [-0.39, 0.29) is 0 Å². The van der Waals surface area contributed by atoms with Crippen molar-refractivity contribution < 1.29 is 0 Å². The minimum absolute atomic E-state index is 0.355. The summed E-state index contributed by atoms with van der Waals surface area (Å²) >= 11 is 0. The second-order valence-electron chi connectivity index (χ2n) is 4.06. The quantitative estimate of drug-likeness (QED) is 0.751. The topological polar surface area (TPSA) is 41.3 Å². The summed E-state index contributed by atoms with van der Waals surface area (Å²) < 4.78 is 0. The number of nitrogens with zero attached hydrogens (tertiary/aromatic N) is 1. The maximum absolute atomic E-state index is 5.89. The highest BCUT2D eigenvalue weighted by atomic mass is 15.2. The highest BCUT2D eigenvalue weighted by Crippen LogP contribution is 2.12. The van der Waals surface area contributed by atoms with Crippen LogP contribution in [0.4, 0.5) is 0 Å². The molecule has 3 N–H and O–H groups in total.